The zero-order chi connectivity index (χ0) is 34.5. The molecule has 0 heterocycles. The van der Waals surface area contributed by atoms with Gasteiger partial charge in [0.25, 0.3) is 0 Å². The summed E-state index contributed by atoms with van der Waals surface area (Å²) >= 11 is 0. The monoisotopic (exact) mass is 684 g/mol. The fraction of sp³-hybridized carbons (Fsp3) is 0.900. The maximum atomic E-state index is 12.7. The quantitative estimate of drug-likeness (QED) is 0.0541. The molecule has 0 radical (unpaired) electrons. The molecule has 0 bridgehead atoms. The van der Waals surface area contributed by atoms with Gasteiger partial charge in [-0.25, -0.2) is 15.5 Å². The van der Waals surface area contributed by atoms with Crippen LogP contribution in [0.25, 0.3) is 0 Å². The molecule has 17 heteroatoms. The topological polar surface area (TPSA) is 206 Å². The Bertz CT molecular complexity index is 725. The molecule has 0 rings (SSSR count). The van der Waals surface area contributed by atoms with Crippen LogP contribution in [0.4, 0.5) is 9.59 Å². The van der Waals surface area contributed by atoms with Crippen LogP contribution in [-0.4, -0.2) is 150 Å². The average Bonchev–Trinajstić information content (AvgIpc) is 3.06. The van der Waals surface area contributed by atoms with Gasteiger partial charge >= 0.3 is 12.2 Å². The predicted molar refractivity (Wildman–Crippen MR) is 171 cm³/mol. The largest absolute Gasteiger partial charge is 0.447 e. The molecule has 0 saturated heterocycles. The van der Waals surface area contributed by atoms with E-state index in [1.165, 1.54) is 0 Å². The summed E-state index contributed by atoms with van der Waals surface area (Å²) in [7, 11) is 0. The molecule has 0 fully saturated rings. The van der Waals surface area contributed by atoms with Crippen molar-refractivity contribution in [2.24, 2.45) is 5.90 Å². The number of ether oxygens (including phenoxy) is 9. The zero-order valence-electron chi connectivity index (χ0n) is 28.4. The van der Waals surface area contributed by atoms with Crippen molar-refractivity contribution in [1.82, 2.24) is 16.0 Å². The van der Waals surface area contributed by atoms with Gasteiger partial charge in [0.1, 0.15) is 19.3 Å². The Kier molecular flexibility index (Phi) is 34.7. The fourth-order valence-corrected chi connectivity index (χ4v) is 3.51. The van der Waals surface area contributed by atoms with Crippen LogP contribution in [0.5, 0.6) is 0 Å². The number of carbonyl (C=O) groups is 3. The second kappa shape index (κ2) is 36.5. The number of nitrogens with one attached hydrogen (secondary N) is 3. The van der Waals surface area contributed by atoms with Gasteiger partial charge < -0.3 is 63.4 Å². The second-order valence-corrected chi connectivity index (χ2v) is 9.84. The van der Waals surface area contributed by atoms with Gasteiger partial charge in [-0.05, 0) is 32.1 Å². The first-order valence-electron chi connectivity index (χ1n) is 16.5. The van der Waals surface area contributed by atoms with Crippen molar-refractivity contribution in [3.63, 3.8) is 0 Å². The summed E-state index contributed by atoms with van der Waals surface area (Å²) in [5.74, 6) is 4.56. The molecule has 0 saturated carbocycles. The second-order valence-electron chi connectivity index (χ2n) is 9.84. The van der Waals surface area contributed by atoms with Crippen molar-refractivity contribution in [3.05, 3.63) is 0 Å². The van der Waals surface area contributed by atoms with Gasteiger partial charge in [-0.1, -0.05) is 13.8 Å². The first-order chi connectivity index (χ1) is 23.0. The highest BCUT2D eigenvalue weighted by Crippen LogP contribution is 2.02. The number of nitrogens with two attached hydrogens (primary N) is 1. The molecule has 5 N–H and O–H groups in total. The van der Waals surface area contributed by atoms with E-state index in [2.05, 4.69) is 20.8 Å². The van der Waals surface area contributed by atoms with Crippen molar-refractivity contribution in [2.75, 3.05) is 125 Å². The summed E-state index contributed by atoms with van der Waals surface area (Å²) in [5, 5.41) is 7.97. The van der Waals surface area contributed by atoms with Gasteiger partial charge in [-0.15, -0.1) is 0 Å². The van der Waals surface area contributed by atoms with E-state index < -0.39 is 18.2 Å². The van der Waals surface area contributed by atoms with Gasteiger partial charge in [0.05, 0.1) is 85.9 Å². The number of carbonyl (C=O) groups excluding carboxylic acids is 3. The lowest BCUT2D eigenvalue weighted by molar-refractivity contribution is -0.123. The SMILES string of the molecule is CCCOCCOCCOCCOC(=O)NCCCC[C@H](NC(=O)OCCOCCOCCOCCC)C(=O)NCCOCCON. The highest BCUT2D eigenvalue weighted by molar-refractivity contribution is 5.85. The lowest BCUT2D eigenvalue weighted by Gasteiger charge is -2.18. The normalized spacial score (nSPS) is 11.6. The smallest absolute Gasteiger partial charge is 0.407 e. The van der Waals surface area contributed by atoms with Gasteiger partial charge in [-0.2, -0.15) is 0 Å². The van der Waals surface area contributed by atoms with Crippen molar-refractivity contribution >= 4 is 18.1 Å². The maximum absolute atomic E-state index is 12.7. The lowest BCUT2D eigenvalue weighted by Crippen LogP contribution is -2.47. The number of hydrogen-bond donors (Lipinski definition) is 4. The average molecular weight is 685 g/mol. The molecule has 0 aromatic heterocycles. The van der Waals surface area contributed by atoms with Gasteiger partial charge in [-0.3, -0.25) is 4.79 Å². The minimum atomic E-state index is -0.851. The van der Waals surface area contributed by atoms with Crippen molar-refractivity contribution in [3.8, 4) is 0 Å². The van der Waals surface area contributed by atoms with Crippen LogP contribution in [0.15, 0.2) is 0 Å². The first kappa shape index (κ1) is 44.6. The summed E-state index contributed by atoms with van der Waals surface area (Å²) in [6.07, 6.45) is 2.02. The molecule has 0 aliphatic carbocycles. The highest BCUT2D eigenvalue weighted by Gasteiger charge is 2.21. The Morgan fingerprint density at radius 1 is 0.511 bits per heavy atom. The molecule has 3 amide bonds. The van der Waals surface area contributed by atoms with Crippen LogP contribution < -0.4 is 21.8 Å². The molecule has 0 aliphatic heterocycles. The van der Waals surface area contributed by atoms with E-state index in [0.717, 1.165) is 19.4 Å². The third-order valence-electron chi connectivity index (χ3n) is 5.80. The standard InChI is InChI=1S/C30H60N4O13/c1-3-10-38-13-15-41-17-19-43-21-24-45-29(36)33-8-6-5-7-27(28(35)32-9-12-40-23-26-47-31)34-30(37)46-25-22-44-20-18-42-16-14-39-11-4-2/h27H,3-26,31H2,1-2H3,(H,32,35)(H,33,36)(H,34,37)/t27-/m0/s1. The van der Waals surface area contributed by atoms with E-state index in [1.54, 1.807) is 0 Å². The zero-order valence-corrected chi connectivity index (χ0v) is 28.4. The molecular formula is C30H60N4O13. The number of amides is 3. The molecule has 0 spiro atoms. The van der Waals surface area contributed by atoms with Crippen LogP contribution >= 0.6 is 0 Å². The molecule has 0 aromatic carbocycles. The van der Waals surface area contributed by atoms with E-state index in [4.69, 9.17) is 48.5 Å². The molecule has 0 aliphatic rings. The third-order valence-corrected chi connectivity index (χ3v) is 5.80. The van der Waals surface area contributed by atoms with Crippen LogP contribution in [0.1, 0.15) is 46.0 Å². The summed E-state index contributed by atoms with van der Waals surface area (Å²) < 4.78 is 47.7. The number of rotatable bonds is 35. The Morgan fingerprint density at radius 3 is 1.47 bits per heavy atom. The van der Waals surface area contributed by atoms with Crippen molar-refractivity contribution < 1.29 is 61.9 Å². The summed E-state index contributed by atoms with van der Waals surface area (Å²) in [4.78, 5) is 41.4. The van der Waals surface area contributed by atoms with Gasteiger partial charge in [0.2, 0.25) is 5.91 Å². The summed E-state index contributed by atoms with van der Waals surface area (Å²) in [5.41, 5.74) is 0. The Hall–Kier alpha value is -2.35. The minimum Gasteiger partial charge on any atom is -0.447 e. The fourth-order valence-electron chi connectivity index (χ4n) is 3.51. The molecular weight excluding hydrogens is 624 g/mol. The van der Waals surface area contributed by atoms with Crippen LogP contribution in [0.3, 0.4) is 0 Å². The molecule has 47 heavy (non-hydrogen) atoms. The summed E-state index contributed by atoms with van der Waals surface area (Å²) in [6.45, 7) is 11.1. The molecule has 1 atom stereocenters. The van der Waals surface area contributed by atoms with E-state index in [-0.39, 0.29) is 58.7 Å². The number of hydrogen-bond acceptors (Lipinski definition) is 14. The van der Waals surface area contributed by atoms with Gasteiger partial charge in [0, 0.05) is 26.3 Å². The third kappa shape index (κ3) is 33.3. The highest BCUT2D eigenvalue weighted by atomic mass is 16.6. The first-order valence-corrected chi connectivity index (χ1v) is 16.5. The molecule has 0 aromatic rings. The van der Waals surface area contributed by atoms with E-state index in [9.17, 15) is 14.4 Å². The van der Waals surface area contributed by atoms with Gasteiger partial charge in [0.15, 0.2) is 0 Å². The lowest BCUT2D eigenvalue weighted by atomic mass is 10.1. The molecule has 17 nitrogen and oxygen atoms in total. The minimum absolute atomic E-state index is 0.0102. The van der Waals surface area contributed by atoms with E-state index in [0.29, 0.717) is 85.3 Å². The Balaban J connectivity index is 4.17. The number of unbranched alkanes of at least 4 members (excludes halogenated alkanes) is 1. The van der Waals surface area contributed by atoms with Crippen molar-refractivity contribution in [1.29, 1.82) is 0 Å². The van der Waals surface area contributed by atoms with Crippen molar-refractivity contribution in [2.45, 2.75) is 52.0 Å². The van der Waals surface area contributed by atoms with Crippen LogP contribution in [0.2, 0.25) is 0 Å². The number of alkyl carbamates (subject to hydrolysis) is 2. The van der Waals surface area contributed by atoms with Crippen LogP contribution in [-0.2, 0) is 52.3 Å². The predicted octanol–water partition coefficient (Wildman–Crippen LogP) is 0.920. The molecule has 0 unspecified atom stereocenters. The van der Waals surface area contributed by atoms with E-state index in [1.807, 2.05) is 13.8 Å². The Labute approximate surface area is 279 Å². The molecule has 278 valence electrons. The van der Waals surface area contributed by atoms with E-state index >= 15 is 0 Å². The van der Waals surface area contributed by atoms with Crippen LogP contribution in [0, 0.1) is 0 Å². The maximum Gasteiger partial charge on any atom is 0.407 e. The Morgan fingerprint density at radius 2 is 0.957 bits per heavy atom. The summed E-state index contributed by atoms with van der Waals surface area (Å²) in [6, 6.07) is -0.851.